The summed E-state index contributed by atoms with van der Waals surface area (Å²) in [5, 5.41) is 3.07. The van der Waals surface area contributed by atoms with Crippen molar-refractivity contribution >= 4 is 29.5 Å². The van der Waals surface area contributed by atoms with Crippen molar-refractivity contribution in [2.24, 2.45) is 0 Å². The number of ether oxygens (including phenoxy) is 1. The van der Waals surface area contributed by atoms with Gasteiger partial charge >= 0.3 is 5.97 Å². The quantitative estimate of drug-likeness (QED) is 0.394. The number of nitrogens with one attached hydrogen (secondary N) is 1. The second-order valence-corrected chi connectivity index (χ2v) is 8.43. The molecule has 1 atom stereocenters. The number of hydrogen-bond donors (Lipinski definition) is 2. The molecule has 1 aliphatic heterocycles. The van der Waals surface area contributed by atoms with Gasteiger partial charge in [-0.3, -0.25) is 4.79 Å². The molecule has 0 aliphatic carbocycles. The molecule has 4 aromatic rings. The van der Waals surface area contributed by atoms with E-state index in [2.05, 4.69) is 20.3 Å². The Morgan fingerprint density at radius 2 is 1.83 bits per heavy atom. The summed E-state index contributed by atoms with van der Waals surface area (Å²) in [4.78, 5) is 40.3. The van der Waals surface area contributed by atoms with Crippen LogP contribution in [0.15, 0.2) is 71.3 Å². The highest BCUT2D eigenvalue weighted by atomic mass is 16.5. The van der Waals surface area contributed by atoms with Gasteiger partial charge in [-0.25, -0.2) is 4.79 Å². The van der Waals surface area contributed by atoms with Crippen LogP contribution in [0.1, 0.15) is 33.1 Å². The summed E-state index contributed by atoms with van der Waals surface area (Å²) in [7, 11) is 0. The lowest BCUT2D eigenvalue weighted by atomic mass is 9.93. The number of rotatable bonds is 6. The fraction of sp³-hybridized carbons (Fsp3) is 0.192. The number of anilines is 3. The molecule has 0 spiro atoms. The molecule has 0 radical (unpaired) electrons. The van der Waals surface area contributed by atoms with Crippen LogP contribution in [0.3, 0.4) is 0 Å². The maximum absolute atomic E-state index is 13.2. The van der Waals surface area contributed by atoms with Crippen molar-refractivity contribution in [2.45, 2.75) is 32.5 Å². The van der Waals surface area contributed by atoms with Gasteiger partial charge in [0.15, 0.2) is 18.2 Å². The molecule has 2 aromatic carbocycles. The van der Waals surface area contributed by atoms with E-state index in [1.54, 1.807) is 12.1 Å². The molecule has 182 valence electrons. The summed E-state index contributed by atoms with van der Waals surface area (Å²) in [6.45, 7) is 2.03. The van der Waals surface area contributed by atoms with E-state index in [0.29, 0.717) is 6.42 Å². The lowest BCUT2D eigenvalue weighted by Gasteiger charge is -2.34. The predicted molar refractivity (Wildman–Crippen MR) is 131 cm³/mol. The summed E-state index contributed by atoms with van der Waals surface area (Å²) in [5.74, 6) is -0.387. The Hall–Kier alpha value is -4.73. The van der Waals surface area contributed by atoms with Gasteiger partial charge < -0.3 is 25.1 Å². The van der Waals surface area contributed by atoms with E-state index < -0.39 is 12.0 Å². The van der Waals surface area contributed by atoms with Gasteiger partial charge in [0.1, 0.15) is 6.04 Å². The Balaban J connectivity index is 1.32. The van der Waals surface area contributed by atoms with E-state index in [-0.39, 0.29) is 42.5 Å². The van der Waals surface area contributed by atoms with Crippen LogP contribution in [0.2, 0.25) is 0 Å². The fourth-order valence-electron chi connectivity index (χ4n) is 4.05. The second-order valence-electron chi connectivity index (χ2n) is 8.43. The van der Waals surface area contributed by atoms with Crippen molar-refractivity contribution < 1.29 is 18.7 Å². The second kappa shape index (κ2) is 9.87. The molecule has 10 heteroatoms. The number of amides is 1. The van der Waals surface area contributed by atoms with E-state index in [1.165, 1.54) is 11.2 Å². The molecule has 1 amide bonds. The molecule has 5 rings (SSSR count). The number of aryl methyl sites for hydroxylation is 1. The number of nitrogen functional groups attached to an aromatic ring is 1. The lowest BCUT2D eigenvalue weighted by Crippen LogP contribution is -2.49. The van der Waals surface area contributed by atoms with Crippen LogP contribution in [-0.4, -0.2) is 37.8 Å². The average Bonchev–Trinajstić information content (AvgIpc) is 3.42. The first-order chi connectivity index (χ1) is 17.5. The average molecular weight is 485 g/mol. The highest BCUT2D eigenvalue weighted by Gasteiger charge is 2.37. The molecular weight excluding hydrogens is 460 g/mol. The van der Waals surface area contributed by atoms with Crippen molar-refractivity contribution in [1.82, 2.24) is 19.9 Å². The zero-order chi connectivity index (χ0) is 25.1. The SMILES string of the molecule is Cc1ccc(Nc2nc(N)nc(COC(=O)C3Cc4ccccc4CN3C(=O)c3ccco3)n2)cc1. The smallest absolute Gasteiger partial charge is 0.329 e. The minimum atomic E-state index is -0.832. The number of aromatic nitrogens is 3. The molecule has 0 saturated heterocycles. The van der Waals surface area contributed by atoms with Crippen molar-refractivity contribution in [3.63, 3.8) is 0 Å². The number of nitrogens with two attached hydrogens (primary N) is 1. The zero-order valence-corrected chi connectivity index (χ0v) is 19.5. The fourth-order valence-corrected chi connectivity index (χ4v) is 4.05. The number of hydrogen-bond acceptors (Lipinski definition) is 9. The molecule has 0 saturated carbocycles. The lowest BCUT2D eigenvalue weighted by molar-refractivity contribution is -0.151. The van der Waals surface area contributed by atoms with E-state index in [9.17, 15) is 9.59 Å². The van der Waals surface area contributed by atoms with Crippen molar-refractivity contribution in [1.29, 1.82) is 0 Å². The molecule has 3 N–H and O–H groups in total. The third kappa shape index (κ3) is 5.02. The Kier molecular flexibility index (Phi) is 6.31. The molecule has 1 aliphatic rings. The Morgan fingerprint density at radius 1 is 1.06 bits per heavy atom. The number of carbonyl (C=O) groups excluding carboxylic acids is 2. The molecular formula is C26H24N6O4. The Bertz CT molecular complexity index is 1390. The molecule has 1 unspecified atom stereocenters. The number of nitrogens with zero attached hydrogens (tertiary/aromatic N) is 4. The number of furan rings is 1. The first-order valence-electron chi connectivity index (χ1n) is 11.4. The molecule has 2 aromatic heterocycles. The topological polar surface area (TPSA) is 136 Å². The molecule has 0 bridgehead atoms. The van der Waals surface area contributed by atoms with Gasteiger partial charge in [-0.05, 0) is 42.3 Å². The monoisotopic (exact) mass is 484 g/mol. The maximum Gasteiger partial charge on any atom is 0.329 e. The minimum Gasteiger partial charge on any atom is -0.459 e. The minimum absolute atomic E-state index is 0.00752. The van der Waals surface area contributed by atoms with Crippen molar-refractivity contribution in [3.8, 4) is 0 Å². The van der Waals surface area contributed by atoms with Crippen LogP contribution < -0.4 is 11.1 Å². The first-order valence-corrected chi connectivity index (χ1v) is 11.4. The molecule has 0 fully saturated rings. The molecule has 36 heavy (non-hydrogen) atoms. The van der Waals surface area contributed by atoms with E-state index in [0.717, 1.165) is 22.4 Å². The summed E-state index contributed by atoms with van der Waals surface area (Å²) >= 11 is 0. The summed E-state index contributed by atoms with van der Waals surface area (Å²) in [5.41, 5.74) is 9.70. The molecule has 10 nitrogen and oxygen atoms in total. The highest BCUT2D eigenvalue weighted by Crippen LogP contribution is 2.26. The number of esters is 1. The largest absolute Gasteiger partial charge is 0.459 e. The van der Waals surface area contributed by atoms with Crippen LogP contribution in [-0.2, 0) is 29.1 Å². The third-order valence-corrected chi connectivity index (χ3v) is 5.86. The van der Waals surface area contributed by atoms with Crippen LogP contribution >= 0.6 is 0 Å². The van der Waals surface area contributed by atoms with Gasteiger partial charge in [0, 0.05) is 18.7 Å². The van der Waals surface area contributed by atoms with E-state index in [4.69, 9.17) is 14.9 Å². The molecule has 3 heterocycles. The number of carbonyl (C=O) groups is 2. The normalized spacial score (nSPS) is 14.7. The van der Waals surface area contributed by atoms with Gasteiger partial charge in [-0.2, -0.15) is 15.0 Å². The maximum atomic E-state index is 13.2. The van der Waals surface area contributed by atoms with Gasteiger partial charge in [-0.1, -0.05) is 42.0 Å². The Labute approximate surface area is 207 Å². The summed E-state index contributed by atoms with van der Waals surface area (Å²) in [6, 6.07) is 17.7. The van der Waals surface area contributed by atoms with Crippen LogP contribution in [0, 0.1) is 6.92 Å². The summed E-state index contributed by atoms with van der Waals surface area (Å²) in [6.07, 6.45) is 1.74. The Morgan fingerprint density at radius 3 is 2.58 bits per heavy atom. The standard InChI is InChI=1S/C26H24N6O4/c1-16-8-10-19(11-9-16)28-26-30-22(29-25(27)31-26)15-36-24(34)20-13-17-5-2-3-6-18(17)14-32(20)23(33)21-7-4-12-35-21/h2-12,20H,13-15H2,1H3,(H3,27,28,29,30,31). The predicted octanol–water partition coefficient (Wildman–Crippen LogP) is 3.41. The van der Waals surface area contributed by atoms with Crippen molar-refractivity contribution in [2.75, 3.05) is 11.1 Å². The number of benzene rings is 2. The van der Waals surface area contributed by atoms with Crippen LogP contribution in [0.5, 0.6) is 0 Å². The first kappa shape index (κ1) is 23.0. The van der Waals surface area contributed by atoms with Crippen LogP contribution in [0.4, 0.5) is 17.6 Å². The van der Waals surface area contributed by atoms with E-state index >= 15 is 0 Å². The van der Waals surface area contributed by atoms with E-state index in [1.807, 2.05) is 55.5 Å². The van der Waals surface area contributed by atoms with Gasteiger partial charge in [-0.15, -0.1) is 0 Å². The highest BCUT2D eigenvalue weighted by molar-refractivity contribution is 5.95. The van der Waals surface area contributed by atoms with Gasteiger partial charge in [0.05, 0.1) is 6.26 Å². The van der Waals surface area contributed by atoms with Gasteiger partial charge in [0.2, 0.25) is 11.9 Å². The van der Waals surface area contributed by atoms with Crippen LogP contribution in [0.25, 0.3) is 0 Å². The zero-order valence-electron chi connectivity index (χ0n) is 19.5. The number of fused-ring (bicyclic) bond motifs is 1. The van der Waals surface area contributed by atoms with Gasteiger partial charge in [0.25, 0.3) is 5.91 Å². The van der Waals surface area contributed by atoms with Crippen molar-refractivity contribution in [3.05, 3.63) is 95.2 Å². The third-order valence-electron chi connectivity index (χ3n) is 5.86. The summed E-state index contributed by atoms with van der Waals surface area (Å²) < 4.78 is 10.8.